The number of hydrogen-bond acceptors (Lipinski definition) is 3. The quantitative estimate of drug-likeness (QED) is 0.680. The maximum Gasteiger partial charge on any atom is 0.278 e. The molecule has 1 atom stereocenters. The highest BCUT2D eigenvalue weighted by molar-refractivity contribution is 5.77. The Labute approximate surface area is 186 Å². The summed E-state index contributed by atoms with van der Waals surface area (Å²) in [5.41, 5.74) is 2.62. The lowest BCUT2D eigenvalue weighted by molar-refractivity contribution is -0.933. The SMILES string of the molecule is COc1ccc(N2CC[NH+](CC(=O)N3CC[NH+]([C@H](C)c4ccccc4)CC3)CC2)cc1. The van der Waals surface area contributed by atoms with Crippen LogP contribution in [0, 0.1) is 0 Å². The predicted molar refractivity (Wildman–Crippen MR) is 123 cm³/mol. The number of anilines is 1. The summed E-state index contributed by atoms with van der Waals surface area (Å²) in [5, 5.41) is 0. The van der Waals surface area contributed by atoms with Crippen molar-refractivity contribution < 1.29 is 19.3 Å². The van der Waals surface area contributed by atoms with Gasteiger partial charge in [-0.2, -0.15) is 0 Å². The second-order valence-corrected chi connectivity index (χ2v) is 8.78. The molecule has 1 amide bonds. The van der Waals surface area contributed by atoms with E-state index >= 15 is 0 Å². The first-order chi connectivity index (χ1) is 15.1. The van der Waals surface area contributed by atoms with Crippen LogP contribution in [0.5, 0.6) is 5.75 Å². The van der Waals surface area contributed by atoms with E-state index in [-0.39, 0.29) is 0 Å². The Balaban J connectivity index is 1.21. The summed E-state index contributed by atoms with van der Waals surface area (Å²) in [7, 11) is 1.69. The minimum Gasteiger partial charge on any atom is -0.497 e. The van der Waals surface area contributed by atoms with Crippen LogP contribution in [0.1, 0.15) is 18.5 Å². The molecule has 2 heterocycles. The first kappa shape index (κ1) is 21.7. The Hall–Kier alpha value is -2.57. The Morgan fingerprint density at radius 1 is 0.935 bits per heavy atom. The van der Waals surface area contributed by atoms with Crippen LogP contribution < -0.4 is 19.4 Å². The summed E-state index contributed by atoms with van der Waals surface area (Å²) in [5.74, 6) is 1.21. The van der Waals surface area contributed by atoms with Gasteiger partial charge in [-0.15, -0.1) is 0 Å². The van der Waals surface area contributed by atoms with E-state index in [0.29, 0.717) is 18.5 Å². The van der Waals surface area contributed by atoms with E-state index in [2.05, 4.69) is 59.2 Å². The van der Waals surface area contributed by atoms with Crippen molar-refractivity contribution in [3.05, 3.63) is 60.2 Å². The normalized spacial score (nSPS) is 19.3. The molecule has 0 aliphatic carbocycles. The van der Waals surface area contributed by atoms with Gasteiger partial charge in [0.1, 0.15) is 11.8 Å². The molecule has 0 bridgehead atoms. The van der Waals surface area contributed by atoms with Crippen LogP contribution in [-0.2, 0) is 4.79 Å². The zero-order valence-corrected chi connectivity index (χ0v) is 18.8. The van der Waals surface area contributed by atoms with Gasteiger partial charge in [0, 0.05) is 11.3 Å². The molecule has 2 aromatic carbocycles. The van der Waals surface area contributed by atoms with Crippen molar-refractivity contribution in [1.29, 1.82) is 0 Å². The van der Waals surface area contributed by atoms with E-state index in [1.165, 1.54) is 16.2 Å². The molecule has 0 saturated carbocycles. The molecule has 4 rings (SSSR count). The van der Waals surface area contributed by atoms with Crippen molar-refractivity contribution in [3.8, 4) is 5.75 Å². The fourth-order valence-electron chi connectivity index (χ4n) is 4.83. The number of ether oxygens (including phenoxy) is 1. The Kier molecular flexibility index (Phi) is 7.10. The molecule has 2 fully saturated rings. The number of methoxy groups -OCH3 is 1. The minimum atomic E-state index is 0.319. The molecule has 166 valence electrons. The molecule has 6 nitrogen and oxygen atoms in total. The zero-order valence-electron chi connectivity index (χ0n) is 18.8. The number of carbonyl (C=O) groups excluding carboxylic acids is 1. The first-order valence-electron chi connectivity index (χ1n) is 11.5. The van der Waals surface area contributed by atoms with Gasteiger partial charge in [0.25, 0.3) is 5.91 Å². The van der Waals surface area contributed by atoms with Crippen LogP contribution in [0.4, 0.5) is 5.69 Å². The average molecular weight is 425 g/mol. The smallest absolute Gasteiger partial charge is 0.278 e. The summed E-state index contributed by atoms with van der Waals surface area (Å²) < 4.78 is 5.25. The molecule has 0 aromatic heterocycles. The van der Waals surface area contributed by atoms with Crippen LogP contribution >= 0.6 is 0 Å². The zero-order chi connectivity index (χ0) is 21.6. The minimum absolute atomic E-state index is 0.319. The van der Waals surface area contributed by atoms with Crippen molar-refractivity contribution in [1.82, 2.24) is 4.90 Å². The van der Waals surface area contributed by atoms with E-state index in [4.69, 9.17) is 4.74 Å². The van der Waals surface area contributed by atoms with Gasteiger partial charge in [0.05, 0.1) is 59.5 Å². The number of benzene rings is 2. The van der Waals surface area contributed by atoms with Crippen molar-refractivity contribution >= 4 is 11.6 Å². The van der Waals surface area contributed by atoms with E-state index in [1.807, 2.05) is 12.1 Å². The summed E-state index contributed by atoms with van der Waals surface area (Å²) in [4.78, 5) is 20.4. The average Bonchev–Trinajstić information content (AvgIpc) is 2.85. The molecule has 0 unspecified atom stereocenters. The highest BCUT2D eigenvalue weighted by atomic mass is 16.5. The molecule has 2 N–H and O–H groups in total. The molecule has 2 aliphatic rings. The first-order valence-corrected chi connectivity index (χ1v) is 11.5. The third-order valence-electron chi connectivity index (χ3n) is 6.98. The number of amides is 1. The van der Waals surface area contributed by atoms with Crippen LogP contribution in [0.3, 0.4) is 0 Å². The van der Waals surface area contributed by atoms with Crippen molar-refractivity contribution in [2.24, 2.45) is 0 Å². The number of carbonyl (C=O) groups is 1. The van der Waals surface area contributed by atoms with Crippen LogP contribution in [0.2, 0.25) is 0 Å². The summed E-state index contributed by atoms with van der Waals surface area (Å²) in [6.07, 6.45) is 0. The molecule has 2 aromatic rings. The van der Waals surface area contributed by atoms with Gasteiger partial charge in [-0.3, -0.25) is 4.79 Å². The molecular weight excluding hydrogens is 388 g/mol. The van der Waals surface area contributed by atoms with Crippen LogP contribution in [0.15, 0.2) is 54.6 Å². The third kappa shape index (κ3) is 5.38. The van der Waals surface area contributed by atoms with Gasteiger partial charge in [0.15, 0.2) is 6.54 Å². The molecule has 0 spiro atoms. The molecule has 6 heteroatoms. The highest BCUT2D eigenvalue weighted by Gasteiger charge is 2.30. The fraction of sp³-hybridized carbons (Fsp3) is 0.480. The van der Waals surface area contributed by atoms with Gasteiger partial charge in [-0.05, 0) is 31.2 Å². The van der Waals surface area contributed by atoms with Crippen LogP contribution in [-0.4, -0.2) is 76.8 Å². The van der Waals surface area contributed by atoms with Gasteiger partial charge >= 0.3 is 0 Å². The number of rotatable bonds is 6. The standard InChI is InChI=1S/C25H34N4O2/c1-21(22-6-4-3-5-7-22)27-16-18-29(19-17-27)25(30)20-26-12-14-28(15-13-26)23-8-10-24(31-2)11-9-23/h3-11,21H,12-20H2,1-2H3/p+2/t21-/m1/s1. The molecular formula is C25H36N4O2+2. The van der Waals surface area contributed by atoms with Gasteiger partial charge in [-0.25, -0.2) is 0 Å². The molecule has 31 heavy (non-hydrogen) atoms. The number of nitrogens with zero attached hydrogens (tertiary/aromatic N) is 2. The van der Waals surface area contributed by atoms with Crippen molar-refractivity contribution in [2.45, 2.75) is 13.0 Å². The highest BCUT2D eigenvalue weighted by Crippen LogP contribution is 2.19. The molecule has 2 saturated heterocycles. The molecule has 2 aliphatic heterocycles. The summed E-state index contributed by atoms with van der Waals surface area (Å²) >= 11 is 0. The Bertz CT molecular complexity index is 826. The lowest BCUT2D eigenvalue weighted by Gasteiger charge is -2.37. The van der Waals surface area contributed by atoms with Gasteiger partial charge in [-0.1, -0.05) is 30.3 Å². The summed E-state index contributed by atoms with van der Waals surface area (Å²) in [6.45, 7) is 10.7. The molecule has 0 radical (unpaired) electrons. The van der Waals surface area contributed by atoms with Crippen LogP contribution in [0.25, 0.3) is 0 Å². The van der Waals surface area contributed by atoms with Crippen molar-refractivity contribution in [2.75, 3.05) is 70.9 Å². The third-order valence-corrected chi connectivity index (χ3v) is 6.98. The number of quaternary nitrogens is 2. The van der Waals surface area contributed by atoms with E-state index in [0.717, 1.165) is 58.1 Å². The monoisotopic (exact) mass is 424 g/mol. The van der Waals surface area contributed by atoms with E-state index in [9.17, 15) is 4.79 Å². The second-order valence-electron chi connectivity index (χ2n) is 8.78. The lowest BCUT2D eigenvalue weighted by atomic mass is 10.1. The van der Waals surface area contributed by atoms with Gasteiger partial charge in [0.2, 0.25) is 0 Å². The number of hydrogen-bond donors (Lipinski definition) is 2. The Morgan fingerprint density at radius 2 is 1.58 bits per heavy atom. The topological polar surface area (TPSA) is 41.7 Å². The number of nitrogens with one attached hydrogen (secondary N) is 2. The maximum atomic E-state index is 12.9. The van der Waals surface area contributed by atoms with E-state index < -0.39 is 0 Å². The summed E-state index contributed by atoms with van der Waals surface area (Å²) in [6, 6.07) is 19.5. The number of piperazine rings is 2. The largest absolute Gasteiger partial charge is 0.497 e. The lowest BCUT2D eigenvalue weighted by Crippen LogP contribution is -3.16. The fourth-order valence-corrected chi connectivity index (χ4v) is 4.83. The predicted octanol–water partition coefficient (Wildman–Crippen LogP) is -0.112. The second kappa shape index (κ2) is 10.2. The van der Waals surface area contributed by atoms with Crippen molar-refractivity contribution in [3.63, 3.8) is 0 Å². The Morgan fingerprint density at radius 3 is 2.19 bits per heavy atom. The van der Waals surface area contributed by atoms with Gasteiger partial charge < -0.3 is 24.3 Å². The maximum absolute atomic E-state index is 12.9. The van der Waals surface area contributed by atoms with E-state index in [1.54, 1.807) is 12.0 Å².